The molecular formula is C38H60N4S2. The number of rotatable bonds is 0. The Morgan fingerprint density at radius 3 is 1.89 bits per heavy atom. The Bertz CT molecular complexity index is 1430. The number of nitrogens with zero attached hydrogens (tertiary/aromatic N) is 4. The van der Waals surface area contributed by atoms with Gasteiger partial charge < -0.3 is 0 Å². The van der Waals surface area contributed by atoms with Gasteiger partial charge in [-0.05, 0) is 52.0 Å². The molecule has 4 unspecified atom stereocenters. The van der Waals surface area contributed by atoms with E-state index in [9.17, 15) is 0 Å². The van der Waals surface area contributed by atoms with Crippen LogP contribution in [0.1, 0.15) is 97.1 Å². The van der Waals surface area contributed by atoms with Gasteiger partial charge in [0.05, 0.1) is 38.7 Å². The largest absolute Gasteiger partial charge is 0.277 e. The van der Waals surface area contributed by atoms with E-state index in [-0.39, 0.29) is 38.5 Å². The molecule has 2 aliphatic heterocycles. The number of hydrogen-bond acceptors (Lipinski definition) is 5. The van der Waals surface area contributed by atoms with Gasteiger partial charge in [0.15, 0.2) is 0 Å². The highest BCUT2D eigenvalue weighted by molar-refractivity contribution is 8.14. The maximum absolute atomic E-state index is 4.58. The van der Waals surface area contributed by atoms with Gasteiger partial charge in [-0.25, -0.2) is 0 Å². The molecule has 44 heavy (non-hydrogen) atoms. The van der Waals surface area contributed by atoms with Gasteiger partial charge in [-0.15, -0.1) is 23.5 Å². The van der Waals surface area contributed by atoms with Crippen molar-refractivity contribution < 1.29 is 0 Å². The Hall–Kier alpha value is -2.31. The van der Waals surface area contributed by atoms with Gasteiger partial charge in [0.25, 0.3) is 0 Å². The minimum Gasteiger partial charge on any atom is -0.277 e. The quantitative estimate of drug-likeness (QED) is 0.289. The number of aryl methyl sites for hydroxylation is 1. The van der Waals surface area contributed by atoms with Crippen LogP contribution in [0.2, 0.25) is 0 Å². The van der Waals surface area contributed by atoms with Crippen molar-refractivity contribution in [1.29, 1.82) is 0 Å². The molecule has 6 heteroatoms. The van der Waals surface area contributed by atoms with E-state index in [2.05, 4.69) is 145 Å². The molecule has 0 saturated carbocycles. The van der Waals surface area contributed by atoms with Crippen LogP contribution in [0.5, 0.6) is 0 Å². The molecule has 244 valence electrons. The first-order valence-corrected chi connectivity index (χ1v) is 16.5. The molecule has 4 atom stereocenters. The summed E-state index contributed by atoms with van der Waals surface area (Å²) in [4.78, 5) is 8.96. The van der Waals surface area contributed by atoms with Crippen molar-refractivity contribution in [3.63, 3.8) is 0 Å². The third kappa shape index (κ3) is 10.1. The third-order valence-electron chi connectivity index (χ3n) is 7.61. The molecule has 0 N–H and O–H groups in total. The van der Waals surface area contributed by atoms with Crippen molar-refractivity contribution in [2.24, 2.45) is 27.9 Å². The highest BCUT2D eigenvalue weighted by Crippen LogP contribution is 2.38. The van der Waals surface area contributed by atoms with Crippen LogP contribution in [0, 0.1) is 10.8 Å². The summed E-state index contributed by atoms with van der Waals surface area (Å²) in [7, 11) is 1.96. The van der Waals surface area contributed by atoms with Crippen LogP contribution < -0.4 is 0 Å². The van der Waals surface area contributed by atoms with E-state index >= 15 is 0 Å². The van der Waals surface area contributed by atoms with Gasteiger partial charge in [-0.3, -0.25) is 14.7 Å². The van der Waals surface area contributed by atoms with E-state index in [1.165, 1.54) is 27.1 Å². The molecule has 1 aromatic heterocycles. The van der Waals surface area contributed by atoms with E-state index in [0.29, 0.717) is 22.6 Å². The van der Waals surface area contributed by atoms with Crippen LogP contribution in [0.25, 0.3) is 10.9 Å². The molecule has 0 saturated heterocycles. The highest BCUT2D eigenvalue weighted by atomic mass is 32.2. The minimum atomic E-state index is 0. The van der Waals surface area contributed by atoms with Gasteiger partial charge in [0, 0.05) is 18.6 Å². The lowest BCUT2D eigenvalue weighted by molar-refractivity contribution is 0.511. The second kappa shape index (κ2) is 15.3. The number of thioether (sulfide) groups is 2. The lowest BCUT2D eigenvalue weighted by Crippen LogP contribution is -2.20. The number of fused-ring (bicyclic) bond motifs is 3. The van der Waals surface area contributed by atoms with Gasteiger partial charge in [-0.1, -0.05) is 127 Å². The second-order valence-electron chi connectivity index (χ2n) is 14.4. The van der Waals surface area contributed by atoms with Crippen LogP contribution in [-0.4, -0.2) is 43.0 Å². The number of hydrogen-bond donors (Lipinski definition) is 0. The van der Waals surface area contributed by atoms with Gasteiger partial charge >= 0.3 is 0 Å². The highest BCUT2D eigenvalue weighted by Gasteiger charge is 2.30. The van der Waals surface area contributed by atoms with Crippen molar-refractivity contribution in [2.45, 2.75) is 120 Å². The molecular weight excluding hydrogens is 577 g/mol. The van der Waals surface area contributed by atoms with Gasteiger partial charge in [0.1, 0.15) is 0 Å². The fourth-order valence-corrected chi connectivity index (χ4v) is 6.97. The summed E-state index contributed by atoms with van der Waals surface area (Å²) < 4.78 is 1.86. The minimum absolute atomic E-state index is 0. The zero-order chi connectivity index (χ0) is 30.2. The SMILES string of the molecule is C.C.C.CC(C)(C)C1=CC2SC=NC2C=C1.CC1=NC2C=CC(C(C)(C)C)=CC2S1.Cn1cc2cc(C(C)(C)C)ccc2n1. The van der Waals surface area contributed by atoms with E-state index in [0.717, 1.165) is 5.52 Å². The standard InChI is InChI=1S/C12H16N2.C12H17NS.C11H15NS.3CH4/c1-12(2,3)10-5-6-11-9(7-10)8-14(4)13-11;1-8-13-10-6-5-9(12(2,3)4)7-11(10)14-8;1-11(2,3)8-4-5-9-10(6-8)13-7-12-9;;;/h5-8H,1-4H3;5-7,10-11H,1-4H3;4-7,9-10H,1-3H3;3*1H4. The van der Waals surface area contributed by atoms with E-state index in [1.807, 2.05) is 40.8 Å². The fourth-order valence-electron chi connectivity index (χ4n) is 4.99. The lowest BCUT2D eigenvalue weighted by Gasteiger charge is -2.26. The number of aliphatic imine (C=N–C) groups is 2. The molecule has 1 aromatic carbocycles. The third-order valence-corrected chi connectivity index (χ3v) is 9.72. The molecule has 0 fully saturated rings. The van der Waals surface area contributed by atoms with Gasteiger partial charge in [0.2, 0.25) is 0 Å². The Labute approximate surface area is 278 Å². The summed E-state index contributed by atoms with van der Waals surface area (Å²) in [5.74, 6) is 0. The predicted molar refractivity (Wildman–Crippen MR) is 205 cm³/mol. The second-order valence-corrected chi connectivity index (χ2v) is 16.8. The van der Waals surface area contributed by atoms with Crippen molar-refractivity contribution in [2.75, 3.05) is 0 Å². The summed E-state index contributed by atoms with van der Waals surface area (Å²) >= 11 is 3.72. The number of aromatic nitrogens is 2. The zero-order valence-corrected chi connectivity index (χ0v) is 28.4. The first-order chi connectivity index (χ1) is 19.0. The topological polar surface area (TPSA) is 42.5 Å². The maximum Gasteiger partial charge on any atom is 0.0923 e. The molecule has 2 aromatic rings. The Kier molecular flexibility index (Phi) is 13.8. The average Bonchev–Trinajstić information content (AvgIpc) is 3.57. The van der Waals surface area contributed by atoms with Crippen LogP contribution in [0.15, 0.2) is 82.0 Å². The molecule has 0 radical (unpaired) electrons. The average molecular weight is 637 g/mol. The summed E-state index contributed by atoms with van der Waals surface area (Å²) in [5, 5.41) is 7.90. The van der Waals surface area contributed by atoms with Crippen molar-refractivity contribution in [1.82, 2.24) is 9.78 Å². The first-order valence-electron chi connectivity index (χ1n) is 14.6. The fraction of sp³-hybridized carbons (Fsp3) is 0.553. The van der Waals surface area contributed by atoms with E-state index in [1.54, 1.807) is 0 Å². The molecule has 4 nitrogen and oxygen atoms in total. The lowest BCUT2D eigenvalue weighted by atomic mass is 9.83. The monoisotopic (exact) mass is 636 g/mol. The number of benzene rings is 1. The first kappa shape index (κ1) is 39.7. The molecule has 2 aliphatic carbocycles. The molecule has 3 heterocycles. The summed E-state index contributed by atoms with van der Waals surface area (Å²) in [5.41, 5.74) is 8.02. The molecule has 6 rings (SSSR count). The molecule has 0 amide bonds. The van der Waals surface area contributed by atoms with Crippen molar-refractivity contribution in [3.05, 3.63) is 77.6 Å². The maximum atomic E-state index is 4.58. The molecule has 4 aliphatic rings. The van der Waals surface area contributed by atoms with Crippen molar-refractivity contribution >= 4 is 45.0 Å². The summed E-state index contributed by atoms with van der Waals surface area (Å²) in [6.45, 7) is 22.3. The molecule has 0 bridgehead atoms. The predicted octanol–water partition coefficient (Wildman–Crippen LogP) is 11.3. The van der Waals surface area contributed by atoms with Crippen LogP contribution in [-0.2, 0) is 12.5 Å². The normalized spacial score (nSPS) is 23.2. The zero-order valence-electron chi connectivity index (χ0n) is 26.8. The summed E-state index contributed by atoms with van der Waals surface area (Å²) in [6.07, 6.45) is 15.7. The van der Waals surface area contributed by atoms with E-state index < -0.39 is 0 Å². The van der Waals surface area contributed by atoms with E-state index in [4.69, 9.17) is 0 Å². The molecule has 0 spiro atoms. The Morgan fingerprint density at radius 2 is 1.32 bits per heavy atom. The van der Waals surface area contributed by atoms with Crippen LogP contribution in [0.3, 0.4) is 0 Å². The van der Waals surface area contributed by atoms with Gasteiger partial charge in [-0.2, -0.15) is 5.10 Å². The van der Waals surface area contributed by atoms with Crippen molar-refractivity contribution in [3.8, 4) is 0 Å². The summed E-state index contributed by atoms with van der Waals surface area (Å²) in [6, 6.07) is 7.27. The number of allylic oxidation sites excluding steroid dienone is 4. The van der Waals surface area contributed by atoms with Crippen LogP contribution in [0.4, 0.5) is 0 Å². The Balaban J connectivity index is 0.000000319. The smallest absolute Gasteiger partial charge is 0.0923 e. The Morgan fingerprint density at radius 1 is 0.750 bits per heavy atom. The van der Waals surface area contributed by atoms with Crippen LogP contribution >= 0.6 is 23.5 Å².